The van der Waals surface area contributed by atoms with Crippen LogP contribution in [0, 0.1) is 0 Å². The molecule has 0 aliphatic carbocycles. The Bertz CT molecular complexity index is 731. The van der Waals surface area contributed by atoms with Gasteiger partial charge in [0.2, 0.25) is 10.0 Å². The lowest BCUT2D eigenvalue weighted by Gasteiger charge is -2.32. The molecule has 146 valence electrons. The molecule has 0 spiro atoms. The summed E-state index contributed by atoms with van der Waals surface area (Å²) in [5.74, 6) is 0.0126. The highest BCUT2D eigenvalue weighted by Crippen LogP contribution is 2.26. The lowest BCUT2D eigenvalue weighted by Crippen LogP contribution is -2.43. The molecule has 1 heterocycles. The van der Waals surface area contributed by atoms with Crippen LogP contribution >= 0.6 is 0 Å². The van der Waals surface area contributed by atoms with Crippen LogP contribution in [0.2, 0.25) is 0 Å². The number of carbonyl (C=O) groups excluding carboxylic acids is 1. The predicted molar refractivity (Wildman–Crippen MR) is 99.0 cm³/mol. The molecule has 1 aromatic rings. The lowest BCUT2D eigenvalue weighted by atomic mass is 10.1. The molecule has 0 saturated carbocycles. The Morgan fingerprint density at radius 2 is 2.12 bits per heavy atom. The molecular weight excluding hydrogens is 356 g/mol. The molecular formula is C18H28N2O5S. The van der Waals surface area contributed by atoms with Crippen molar-refractivity contribution < 1.29 is 22.7 Å². The van der Waals surface area contributed by atoms with Crippen LogP contribution < -0.4 is 9.46 Å². The molecule has 1 fully saturated rings. The fraction of sp³-hybridized carbons (Fsp3) is 0.611. The lowest BCUT2D eigenvalue weighted by molar-refractivity contribution is 0.00723. The zero-order valence-electron chi connectivity index (χ0n) is 15.8. The molecule has 7 nitrogen and oxygen atoms in total. The molecule has 1 N–H and O–H groups in total. The van der Waals surface area contributed by atoms with Crippen LogP contribution in [0.5, 0.6) is 5.75 Å². The van der Waals surface area contributed by atoms with Crippen LogP contribution in [0.15, 0.2) is 23.1 Å². The Hall–Kier alpha value is -1.64. The number of methoxy groups -OCH3 is 1. The van der Waals surface area contributed by atoms with E-state index >= 15 is 0 Å². The minimum absolute atomic E-state index is 0.0294. The first kappa shape index (κ1) is 20.7. The van der Waals surface area contributed by atoms with E-state index in [4.69, 9.17) is 9.47 Å². The highest BCUT2D eigenvalue weighted by molar-refractivity contribution is 7.89. The van der Waals surface area contributed by atoms with E-state index in [1.165, 1.54) is 19.2 Å². The highest BCUT2D eigenvalue weighted by atomic mass is 32.2. The average molecular weight is 384 g/mol. The van der Waals surface area contributed by atoms with E-state index in [9.17, 15) is 13.2 Å². The molecule has 8 heteroatoms. The van der Waals surface area contributed by atoms with Crippen molar-refractivity contribution in [2.24, 2.45) is 0 Å². The van der Waals surface area contributed by atoms with Crippen molar-refractivity contribution in [1.82, 2.24) is 9.62 Å². The van der Waals surface area contributed by atoms with E-state index in [1.807, 2.05) is 6.92 Å². The predicted octanol–water partition coefficient (Wildman–Crippen LogP) is 2.02. The van der Waals surface area contributed by atoms with Crippen molar-refractivity contribution in [3.05, 3.63) is 23.8 Å². The Morgan fingerprint density at radius 1 is 1.38 bits per heavy atom. The summed E-state index contributed by atoms with van der Waals surface area (Å²) < 4.78 is 38.5. The van der Waals surface area contributed by atoms with E-state index in [0.717, 1.165) is 12.8 Å². The number of piperidine rings is 1. The third-order valence-corrected chi connectivity index (χ3v) is 5.84. The summed E-state index contributed by atoms with van der Waals surface area (Å²) in [6, 6.07) is 4.24. The average Bonchev–Trinajstić information content (AvgIpc) is 2.60. The first-order valence-electron chi connectivity index (χ1n) is 8.89. The minimum atomic E-state index is -3.78. The molecule has 1 aliphatic heterocycles. The van der Waals surface area contributed by atoms with Crippen LogP contribution in [-0.4, -0.2) is 58.2 Å². The summed E-state index contributed by atoms with van der Waals surface area (Å²) in [4.78, 5) is 14.6. The molecule has 2 rings (SSSR count). The van der Waals surface area contributed by atoms with Crippen molar-refractivity contribution in [2.75, 3.05) is 26.8 Å². The van der Waals surface area contributed by atoms with Crippen molar-refractivity contribution >= 4 is 15.9 Å². The van der Waals surface area contributed by atoms with Crippen molar-refractivity contribution in [2.45, 2.75) is 50.7 Å². The maximum Gasteiger partial charge on any atom is 0.253 e. The van der Waals surface area contributed by atoms with Crippen molar-refractivity contribution in [1.29, 1.82) is 0 Å². The van der Waals surface area contributed by atoms with E-state index in [2.05, 4.69) is 4.72 Å². The summed E-state index contributed by atoms with van der Waals surface area (Å²) in [5.41, 5.74) is 0.326. The standard InChI is InChI=1S/C18H28N2O5S/c1-5-25-15-7-6-10-20(12-15)18(21)14-8-9-16(24-4)17(11-14)26(22,23)19-13(2)3/h8-9,11,13,15,19H,5-7,10,12H2,1-4H3. The molecule has 0 aromatic heterocycles. The third kappa shape index (κ3) is 4.96. The summed E-state index contributed by atoms with van der Waals surface area (Å²) in [7, 11) is -2.37. The molecule has 0 radical (unpaired) electrons. The summed E-state index contributed by atoms with van der Waals surface area (Å²) >= 11 is 0. The number of nitrogens with zero attached hydrogens (tertiary/aromatic N) is 1. The van der Waals surface area contributed by atoms with Gasteiger partial charge in [0, 0.05) is 31.3 Å². The largest absolute Gasteiger partial charge is 0.495 e. The van der Waals surface area contributed by atoms with Gasteiger partial charge in [-0.05, 0) is 51.8 Å². The second-order valence-corrected chi connectivity index (χ2v) is 8.29. The van der Waals surface area contributed by atoms with E-state index in [-0.39, 0.29) is 28.7 Å². The Balaban J connectivity index is 2.30. The van der Waals surface area contributed by atoms with E-state index in [1.54, 1.807) is 24.8 Å². The maximum atomic E-state index is 12.9. The Morgan fingerprint density at radius 3 is 2.73 bits per heavy atom. The van der Waals surface area contributed by atoms with Crippen LogP contribution in [-0.2, 0) is 14.8 Å². The SMILES string of the molecule is CCOC1CCCN(C(=O)c2ccc(OC)c(S(=O)(=O)NC(C)C)c2)C1. The zero-order valence-corrected chi connectivity index (χ0v) is 16.6. The number of amides is 1. The number of hydrogen-bond acceptors (Lipinski definition) is 5. The van der Waals surface area contributed by atoms with Gasteiger partial charge in [-0.2, -0.15) is 0 Å². The van der Waals surface area contributed by atoms with Gasteiger partial charge in [0.05, 0.1) is 13.2 Å². The van der Waals surface area contributed by atoms with Crippen LogP contribution in [0.4, 0.5) is 0 Å². The number of carbonyl (C=O) groups is 1. The van der Waals surface area contributed by atoms with Crippen LogP contribution in [0.25, 0.3) is 0 Å². The zero-order chi connectivity index (χ0) is 19.3. The van der Waals surface area contributed by atoms with E-state index < -0.39 is 10.0 Å². The number of sulfonamides is 1. The van der Waals surface area contributed by atoms with Gasteiger partial charge in [0.25, 0.3) is 5.91 Å². The molecule has 1 aliphatic rings. The number of benzene rings is 1. The van der Waals surface area contributed by atoms with Crippen molar-refractivity contribution in [3.8, 4) is 5.75 Å². The number of rotatable bonds is 7. The Labute approximate surface area is 155 Å². The van der Waals surface area contributed by atoms with Gasteiger partial charge >= 0.3 is 0 Å². The second-order valence-electron chi connectivity index (χ2n) is 6.61. The topological polar surface area (TPSA) is 84.9 Å². The van der Waals surface area contributed by atoms with Gasteiger partial charge in [0.15, 0.2) is 0 Å². The smallest absolute Gasteiger partial charge is 0.253 e. The fourth-order valence-electron chi connectivity index (χ4n) is 3.07. The normalized spacial score (nSPS) is 18.2. The summed E-state index contributed by atoms with van der Waals surface area (Å²) in [6.45, 7) is 7.18. The van der Waals surface area contributed by atoms with Crippen LogP contribution in [0.3, 0.4) is 0 Å². The molecule has 0 bridgehead atoms. The summed E-state index contributed by atoms with van der Waals surface area (Å²) in [6.07, 6.45) is 1.83. The van der Waals surface area contributed by atoms with Gasteiger partial charge in [0.1, 0.15) is 10.6 Å². The number of nitrogens with one attached hydrogen (secondary N) is 1. The minimum Gasteiger partial charge on any atom is -0.495 e. The van der Waals surface area contributed by atoms with Gasteiger partial charge in [-0.15, -0.1) is 0 Å². The van der Waals surface area contributed by atoms with Crippen molar-refractivity contribution in [3.63, 3.8) is 0 Å². The Kier molecular flexibility index (Phi) is 7.02. The fourth-order valence-corrected chi connectivity index (χ4v) is 4.52. The molecule has 1 unspecified atom stereocenters. The molecule has 1 atom stereocenters. The van der Waals surface area contributed by atoms with Gasteiger partial charge < -0.3 is 14.4 Å². The van der Waals surface area contributed by atoms with Crippen LogP contribution in [0.1, 0.15) is 44.0 Å². The molecule has 26 heavy (non-hydrogen) atoms. The monoisotopic (exact) mass is 384 g/mol. The second kappa shape index (κ2) is 8.83. The quantitative estimate of drug-likeness (QED) is 0.777. The molecule has 1 saturated heterocycles. The number of hydrogen-bond donors (Lipinski definition) is 1. The maximum absolute atomic E-state index is 12.9. The summed E-state index contributed by atoms with van der Waals surface area (Å²) in [5, 5.41) is 0. The number of ether oxygens (including phenoxy) is 2. The van der Waals surface area contributed by atoms with Gasteiger partial charge in [-0.3, -0.25) is 4.79 Å². The van der Waals surface area contributed by atoms with Gasteiger partial charge in [-0.25, -0.2) is 13.1 Å². The first-order chi connectivity index (χ1) is 12.3. The molecule has 1 amide bonds. The third-order valence-electron chi connectivity index (χ3n) is 4.16. The van der Waals surface area contributed by atoms with E-state index in [0.29, 0.717) is 25.3 Å². The van der Waals surface area contributed by atoms with Gasteiger partial charge in [-0.1, -0.05) is 0 Å². The molecule has 1 aromatic carbocycles. The number of likely N-dealkylation sites (tertiary alicyclic amines) is 1. The first-order valence-corrected chi connectivity index (χ1v) is 10.4. The highest BCUT2D eigenvalue weighted by Gasteiger charge is 2.27.